The Labute approximate surface area is 97.0 Å². The fourth-order valence-corrected chi connectivity index (χ4v) is 3.18. The highest BCUT2D eigenvalue weighted by atomic mass is 16.4. The van der Waals surface area contributed by atoms with Crippen LogP contribution < -0.4 is 5.32 Å². The van der Waals surface area contributed by atoms with Gasteiger partial charge in [-0.1, -0.05) is 13.3 Å². The van der Waals surface area contributed by atoms with Gasteiger partial charge in [-0.15, -0.1) is 0 Å². The maximum Gasteiger partial charge on any atom is 0.307 e. The van der Waals surface area contributed by atoms with Gasteiger partial charge in [-0.3, -0.25) is 9.69 Å². The smallest absolute Gasteiger partial charge is 0.307 e. The van der Waals surface area contributed by atoms with Crippen LogP contribution in [0.4, 0.5) is 0 Å². The van der Waals surface area contributed by atoms with Crippen molar-refractivity contribution >= 4 is 5.97 Å². The highest BCUT2D eigenvalue weighted by molar-refractivity contribution is 5.70. The fourth-order valence-electron chi connectivity index (χ4n) is 3.18. The highest BCUT2D eigenvalue weighted by Crippen LogP contribution is 2.26. The summed E-state index contributed by atoms with van der Waals surface area (Å²) >= 11 is 0. The second kappa shape index (κ2) is 4.72. The van der Waals surface area contributed by atoms with Crippen LogP contribution >= 0.6 is 0 Å². The van der Waals surface area contributed by atoms with Gasteiger partial charge >= 0.3 is 5.97 Å². The van der Waals surface area contributed by atoms with Gasteiger partial charge < -0.3 is 10.4 Å². The molecule has 0 aliphatic carbocycles. The van der Waals surface area contributed by atoms with Crippen LogP contribution in [-0.4, -0.2) is 47.2 Å². The number of carboxylic acids is 1. The van der Waals surface area contributed by atoms with Crippen LogP contribution in [0.2, 0.25) is 0 Å². The van der Waals surface area contributed by atoms with Gasteiger partial charge in [-0.05, 0) is 26.3 Å². The SMILES string of the molecule is CC(C(=O)O)C1NCC2CCCCN2C1C. The Morgan fingerprint density at radius 2 is 2.25 bits per heavy atom. The first-order valence-electron chi connectivity index (χ1n) is 6.33. The van der Waals surface area contributed by atoms with E-state index < -0.39 is 5.97 Å². The lowest BCUT2D eigenvalue weighted by molar-refractivity contribution is -0.143. The molecule has 92 valence electrons. The average molecular weight is 226 g/mol. The molecule has 0 saturated carbocycles. The van der Waals surface area contributed by atoms with Crippen molar-refractivity contribution in [1.29, 1.82) is 0 Å². The van der Waals surface area contributed by atoms with Gasteiger partial charge in [0.2, 0.25) is 0 Å². The molecule has 4 atom stereocenters. The number of hydrogen-bond donors (Lipinski definition) is 2. The molecule has 16 heavy (non-hydrogen) atoms. The molecule has 0 aromatic heterocycles. The number of fused-ring (bicyclic) bond motifs is 1. The Morgan fingerprint density at radius 1 is 1.50 bits per heavy atom. The zero-order valence-electron chi connectivity index (χ0n) is 10.1. The first kappa shape index (κ1) is 11.9. The third-order valence-corrected chi connectivity index (χ3v) is 4.23. The van der Waals surface area contributed by atoms with Crippen LogP contribution in [0.15, 0.2) is 0 Å². The molecule has 2 saturated heterocycles. The normalized spacial score (nSPS) is 37.8. The molecule has 2 heterocycles. The van der Waals surface area contributed by atoms with Crippen molar-refractivity contribution in [2.75, 3.05) is 13.1 Å². The molecule has 4 nitrogen and oxygen atoms in total. The van der Waals surface area contributed by atoms with Crippen molar-refractivity contribution in [2.45, 2.75) is 51.2 Å². The summed E-state index contributed by atoms with van der Waals surface area (Å²) in [5, 5.41) is 12.5. The van der Waals surface area contributed by atoms with Crippen molar-refractivity contribution in [3.8, 4) is 0 Å². The van der Waals surface area contributed by atoms with E-state index in [1.54, 1.807) is 6.92 Å². The molecule has 0 bridgehead atoms. The molecule has 0 amide bonds. The summed E-state index contributed by atoms with van der Waals surface area (Å²) in [5.74, 6) is -1.00. The Hall–Kier alpha value is -0.610. The van der Waals surface area contributed by atoms with Gasteiger partial charge in [0.25, 0.3) is 0 Å². The van der Waals surface area contributed by atoms with E-state index in [4.69, 9.17) is 5.11 Å². The van der Waals surface area contributed by atoms with Crippen molar-refractivity contribution in [3.63, 3.8) is 0 Å². The number of rotatable bonds is 2. The number of piperidine rings is 1. The first-order valence-corrected chi connectivity index (χ1v) is 6.33. The molecule has 2 aliphatic rings. The monoisotopic (exact) mass is 226 g/mol. The van der Waals surface area contributed by atoms with E-state index in [0.29, 0.717) is 12.1 Å². The summed E-state index contributed by atoms with van der Waals surface area (Å²) in [6.07, 6.45) is 3.83. The Morgan fingerprint density at radius 3 is 2.94 bits per heavy atom. The maximum absolute atomic E-state index is 11.0. The van der Waals surface area contributed by atoms with Gasteiger partial charge in [0.15, 0.2) is 0 Å². The zero-order valence-corrected chi connectivity index (χ0v) is 10.1. The zero-order chi connectivity index (χ0) is 11.7. The third-order valence-electron chi connectivity index (χ3n) is 4.23. The number of nitrogens with one attached hydrogen (secondary N) is 1. The second-order valence-electron chi connectivity index (χ2n) is 5.19. The highest BCUT2D eigenvalue weighted by Gasteiger charge is 2.39. The molecule has 0 spiro atoms. The standard InChI is InChI=1S/C12H22N2O2/c1-8(12(15)16)11-9(2)14-6-4-3-5-10(14)7-13-11/h8-11,13H,3-7H2,1-2H3,(H,15,16). The van der Waals surface area contributed by atoms with Gasteiger partial charge in [0, 0.05) is 24.7 Å². The summed E-state index contributed by atoms with van der Waals surface area (Å²) in [6.45, 7) is 6.05. The minimum absolute atomic E-state index is 0.0897. The molecule has 2 rings (SSSR count). The first-order chi connectivity index (χ1) is 7.61. The predicted octanol–water partition coefficient (Wildman–Crippen LogP) is 0.922. The largest absolute Gasteiger partial charge is 0.481 e. The van der Waals surface area contributed by atoms with Gasteiger partial charge in [0.05, 0.1) is 5.92 Å². The molecule has 0 aromatic rings. The quantitative estimate of drug-likeness (QED) is 0.735. The van der Waals surface area contributed by atoms with E-state index in [1.807, 2.05) is 0 Å². The molecular formula is C12H22N2O2. The van der Waals surface area contributed by atoms with E-state index in [1.165, 1.54) is 19.3 Å². The third kappa shape index (κ3) is 2.09. The van der Waals surface area contributed by atoms with Crippen molar-refractivity contribution in [3.05, 3.63) is 0 Å². The molecule has 2 N–H and O–H groups in total. The maximum atomic E-state index is 11.0. The number of carboxylic acid groups (broad SMARTS) is 1. The van der Waals surface area contributed by atoms with Crippen LogP contribution in [0.3, 0.4) is 0 Å². The lowest BCUT2D eigenvalue weighted by Crippen LogP contribution is -2.65. The van der Waals surface area contributed by atoms with Crippen molar-refractivity contribution in [2.24, 2.45) is 5.92 Å². The summed E-state index contributed by atoms with van der Waals surface area (Å²) in [5.41, 5.74) is 0. The number of carbonyl (C=O) groups is 1. The van der Waals surface area contributed by atoms with Gasteiger partial charge in [-0.25, -0.2) is 0 Å². The van der Waals surface area contributed by atoms with Crippen LogP contribution in [0.1, 0.15) is 33.1 Å². The second-order valence-corrected chi connectivity index (χ2v) is 5.19. The Kier molecular flexibility index (Phi) is 3.50. The fraction of sp³-hybridized carbons (Fsp3) is 0.917. The van der Waals surface area contributed by atoms with Gasteiger partial charge in [-0.2, -0.15) is 0 Å². The Balaban J connectivity index is 2.05. The van der Waals surface area contributed by atoms with Crippen LogP contribution in [0.5, 0.6) is 0 Å². The molecule has 0 radical (unpaired) electrons. The summed E-state index contributed by atoms with van der Waals surface area (Å²) < 4.78 is 0. The molecule has 2 aliphatic heterocycles. The molecule has 0 aromatic carbocycles. The summed E-state index contributed by atoms with van der Waals surface area (Å²) in [4.78, 5) is 13.5. The van der Waals surface area contributed by atoms with Gasteiger partial charge in [0.1, 0.15) is 0 Å². The van der Waals surface area contributed by atoms with E-state index in [9.17, 15) is 4.79 Å². The number of hydrogen-bond acceptors (Lipinski definition) is 3. The summed E-state index contributed by atoms with van der Waals surface area (Å²) in [7, 11) is 0. The lowest BCUT2D eigenvalue weighted by Gasteiger charge is -2.49. The van der Waals surface area contributed by atoms with Crippen molar-refractivity contribution in [1.82, 2.24) is 10.2 Å². The average Bonchev–Trinajstić information content (AvgIpc) is 2.29. The number of nitrogens with zero attached hydrogens (tertiary/aromatic N) is 1. The number of piperazine rings is 1. The molecular weight excluding hydrogens is 204 g/mol. The molecule has 4 unspecified atom stereocenters. The number of aliphatic carboxylic acids is 1. The van der Waals surface area contributed by atoms with E-state index in [-0.39, 0.29) is 12.0 Å². The van der Waals surface area contributed by atoms with E-state index in [2.05, 4.69) is 17.1 Å². The summed E-state index contributed by atoms with van der Waals surface area (Å²) in [6, 6.07) is 1.05. The van der Waals surface area contributed by atoms with Crippen LogP contribution in [-0.2, 0) is 4.79 Å². The predicted molar refractivity (Wildman–Crippen MR) is 62.4 cm³/mol. The van der Waals surface area contributed by atoms with E-state index in [0.717, 1.165) is 13.1 Å². The molecule has 4 heteroatoms. The van der Waals surface area contributed by atoms with Crippen LogP contribution in [0.25, 0.3) is 0 Å². The van der Waals surface area contributed by atoms with E-state index >= 15 is 0 Å². The van der Waals surface area contributed by atoms with Crippen LogP contribution in [0, 0.1) is 5.92 Å². The topological polar surface area (TPSA) is 52.6 Å². The van der Waals surface area contributed by atoms with Crippen molar-refractivity contribution < 1.29 is 9.90 Å². The minimum Gasteiger partial charge on any atom is -0.481 e. The minimum atomic E-state index is -0.695. The lowest BCUT2D eigenvalue weighted by atomic mass is 9.87. The Bertz CT molecular complexity index is 270. The molecule has 2 fully saturated rings.